The Bertz CT molecular complexity index is 1500. The summed E-state index contributed by atoms with van der Waals surface area (Å²) in [7, 11) is -3.95. The fourth-order valence-electron chi connectivity index (χ4n) is 5.35. The van der Waals surface area contributed by atoms with Crippen molar-refractivity contribution in [2.24, 2.45) is 11.8 Å². The van der Waals surface area contributed by atoms with E-state index in [0.717, 1.165) is 29.8 Å². The first kappa shape index (κ1) is 23.8. The van der Waals surface area contributed by atoms with Gasteiger partial charge in [-0.2, -0.15) is 14.8 Å². The SMILES string of the molecule is C[C@H]1C2=CNN(c3ccc(F)cc3)C2=CC2=C1[C@@H](CN(CC#N)S(=O)(=O)c1cccc(C#N)c1)CC2. The van der Waals surface area contributed by atoms with Gasteiger partial charge in [-0.15, -0.1) is 0 Å². The van der Waals surface area contributed by atoms with E-state index in [0.29, 0.717) is 0 Å². The highest BCUT2D eigenvalue weighted by molar-refractivity contribution is 7.89. The monoisotopic (exact) mass is 501 g/mol. The fourth-order valence-corrected chi connectivity index (χ4v) is 6.78. The van der Waals surface area contributed by atoms with E-state index in [-0.39, 0.29) is 41.2 Å². The van der Waals surface area contributed by atoms with Crippen molar-refractivity contribution in [1.82, 2.24) is 9.73 Å². The molecule has 36 heavy (non-hydrogen) atoms. The standard InChI is InChI=1S/C27H24FN5O2S/c1-18-25-16-31-33(23-9-7-22(28)8-10-23)26(25)14-20-5-6-21(27(18)20)17-32(12-11-29)36(34,35)24-4-2-3-19(13-24)15-30/h2-4,7-10,13-14,16,18,21,31H,5-6,12,17H2,1H3/t18-,21+/m0/s1. The van der Waals surface area contributed by atoms with Crippen molar-refractivity contribution < 1.29 is 12.8 Å². The summed E-state index contributed by atoms with van der Waals surface area (Å²) < 4.78 is 41.5. The molecule has 2 atom stereocenters. The van der Waals surface area contributed by atoms with Gasteiger partial charge < -0.3 is 5.43 Å². The topological polar surface area (TPSA) is 100 Å². The number of benzene rings is 2. The van der Waals surface area contributed by atoms with Crippen LogP contribution in [0.4, 0.5) is 10.1 Å². The number of nitriles is 2. The van der Waals surface area contributed by atoms with Crippen LogP contribution in [0, 0.1) is 40.3 Å². The third kappa shape index (κ3) is 4.07. The summed E-state index contributed by atoms with van der Waals surface area (Å²) in [5, 5.41) is 20.5. The van der Waals surface area contributed by atoms with Crippen molar-refractivity contribution in [2.75, 3.05) is 18.1 Å². The molecular formula is C27H24FN5O2S. The number of hydrogen-bond donors (Lipinski definition) is 1. The highest BCUT2D eigenvalue weighted by Gasteiger charge is 2.40. The van der Waals surface area contributed by atoms with Gasteiger partial charge in [0, 0.05) is 24.2 Å². The van der Waals surface area contributed by atoms with Gasteiger partial charge >= 0.3 is 0 Å². The fraction of sp³-hybridized carbons (Fsp3) is 0.259. The van der Waals surface area contributed by atoms with Crippen molar-refractivity contribution in [2.45, 2.75) is 24.7 Å². The van der Waals surface area contributed by atoms with E-state index < -0.39 is 10.0 Å². The number of halogens is 1. The number of fused-ring (bicyclic) bond motifs is 1. The molecule has 0 saturated heterocycles. The van der Waals surface area contributed by atoms with Gasteiger partial charge in [-0.25, -0.2) is 12.8 Å². The minimum Gasteiger partial charge on any atom is -0.301 e. The molecule has 0 bridgehead atoms. The van der Waals surface area contributed by atoms with Crippen LogP contribution in [0.2, 0.25) is 0 Å². The highest BCUT2D eigenvalue weighted by Crippen LogP contribution is 2.48. The molecule has 0 fully saturated rings. The van der Waals surface area contributed by atoms with Crippen LogP contribution in [0.3, 0.4) is 0 Å². The maximum atomic E-state index is 13.4. The van der Waals surface area contributed by atoms with Crippen molar-refractivity contribution >= 4 is 15.7 Å². The van der Waals surface area contributed by atoms with E-state index in [1.165, 1.54) is 45.8 Å². The predicted octanol–water partition coefficient (Wildman–Crippen LogP) is 4.36. The molecule has 1 N–H and O–H groups in total. The molecule has 0 unspecified atom stereocenters. The van der Waals surface area contributed by atoms with Crippen LogP contribution >= 0.6 is 0 Å². The van der Waals surface area contributed by atoms with Crippen LogP contribution in [0.25, 0.3) is 0 Å². The second kappa shape index (κ2) is 9.27. The molecule has 0 aromatic heterocycles. The van der Waals surface area contributed by atoms with E-state index in [2.05, 4.69) is 18.4 Å². The second-order valence-electron chi connectivity index (χ2n) is 9.10. The van der Waals surface area contributed by atoms with E-state index in [1.54, 1.807) is 18.2 Å². The normalized spacial score (nSPS) is 20.8. The minimum absolute atomic E-state index is 0.0144. The Kier molecular flexibility index (Phi) is 6.13. The average molecular weight is 502 g/mol. The number of anilines is 1. The summed E-state index contributed by atoms with van der Waals surface area (Å²) in [5.41, 5.74) is 8.80. The molecule has 2 aromatic carbocycles. The maximum absolute atomic E-state index is 13.4. The summed E-state index contributed by atoms with van der Waals surface area (Å²) in [6, 6.07) is 16.1. The number of hydrogen-bond acceptors (Lipinski definition) is 6. The summed E-state index contributed by atoms with van der Waals surface area (Å²) in [6.45, 7) is 2.04. The van der Waals surface area contributed by atoms with Crippen molar-refractivity contribution in [3.8, 4) is 12.1 Å². The van der Waals surface area contributed by atoms with Crippen LogP contribution in [-0.4, -0.2) is 25.8 Å². The number of hydrazine groups is 1. The van der Waals surface area contributed by atoms with Gasteiger partial charge in [0.2, 0.25) is 10.0 Å². The molecule has 0 amide bonds. The zero-order valence-electron chi connectivity index (χ0n) is 19.6. The molecule has 0 saturated carbocycles. The Hall–Kier alpha value is -3.92. The average Bonchev–Trinajstić information content (AvgIpc) is 3.49. The Morgan fingerprint density at radius 3 is 2.69 bits per heavy atom. The molecule has 3 aliphatic rings. The Balaban J connectivity index is 1.44. The van der Waals surface area contributed by atoms with Crippen LogP contribution in [0.15, 0.2) is 88.1 Å². The molecule has 5 rings (SSSR count). The van der Waals surface area contributed by atoms with Gasteiger partial charge in [0.25, 0.3) is 0 Å². The van der Waals surface area contributed by atoms with Gasteiger partial charge in [-0.3, -0.25) is 5.01 Å². The van der Waals surface area contributed by atoms with Gasteiger partial charge in [-0.05, 0) is 72.9 Å². The summed E-state index contributed by atoms with van der Waals surface area (Å²) in [6.07, 6.45) is 5.66. The van der Waals surface area contributed by atoms with Gasteiger partial charge in [0.1, 0.15) is 12.4 Å². The number of nitrogens with zero attached hydrogens (tertiary/aromatic N) is 4. The molecule has 182 valence electrons. The first-order chi connectivity index (χ1) is 17.3. The van der Waals surface area contributed by atoms with Crippen LogP contribution in [0.1, 0.15) is 25.3 Å². The minimum atomic E-state index is -3.95. The van der Waals surface area contributed by atoms with Gasteiger partial charge in [-0.1, -0.05) is 18.6 Å². The largest absolute Gasteiger partial charge is 0.301 e. The molecule has 2 aliphatic carbocycles. The summed E-state index contributed by atoms with van der Waals surface area (Å²) in [5.74, 6) is -0.271. The van der Waals surface area contributed by atoms with Crippen molar-refractivity contribution in [3.63, 3.8) is 0 Å². The molecule has 1 aliphatic heterocycles. The zero-order chi connectivity index (χ0) is 25.4. The lowest BCUT2D eigenvalue weighted by Gasteiger charge is -2.31. The zero-order valence-corrected chi connectivity index (χ0v) is 20.5. The number of rotatable bonds is 6. The lowest BCUT2D eigenvalue weighted by Crippen LogP contribution is -2.36. The Labute approximate surface area is 210 Å². The van der Waals surface area contributed by atoms with E-state index in [1.807, 2.05) is 23.3 Å². The molecule has 2 aromatic rings. The lowest BCUT2D eigenvalue weighted by atomic mass is 9.80. The smallest absolute Gasteiger partial charge is 0.244 e. The quantitative estimate of drug-likeness (QED) is 0.591. The lowest BCUT2D eigenvalue weighted by molar-refractivity contribution is 0.380. The Morgan fingerprint density at radius 1 is 1.19 bits per heavy atom. The van der Waals surface area contributed by atoms with Crippen molar-refractivity contribution in [1.29, 1.82) is 10.5 Å². The van der Waals surface area contributed by atoms with Crippen molar-refractivity contribution in [3.05, 3.63) is 94.6 Å². The molecule has 9 heteroatoms. The molecule has 1 heterocycles. The first-order valence-electron chi connectivity index (χ1n) is 11.7. The maximum Gasteiger partial charge on any atom is 0.244 e. The first-order valence-corrected chi connectivity index (χ1v) is 13.1. The van der Waals surface area contributed by atoms with E-state index in [9.17, 15) is 23.3 Å². The van der Waals surface area contributed by atoms with E-state index >= 15 is 0 Å². The number of allylic oxidation sites excluding steroid dienone is 3. The van der Waals surface area contributed by atoms with Gasteiger partial charge in [0.15, 0.2) is 0 Å². The highest BCUT2D eigenvalue weighted by atomic mass is 32.2. The van der Waals surface area contributed by atoms with Crippen LogP contribution in [-0.2, 0) is 10.0 Å². The Morgan fingerprint density at radius 2 is 1.97 bits per heavy atom. The summed E-state index contributed by atoms with van der Waals surface area (Å²) in [4.78, 5) is 0.0144. The summed E-state index contributed by atoms with van der Waals surface area (Å²) >= 11 is 0. The molecule has 7 nitrogen and oxygen atoms in total. The third-order valence-electron chi connectivity index (χ3n) is 7.06. The molecular weight excluding hydrogens is 477 g/mol. The molecule has 0 radical (unpaired) electrons. The van der Waals surface area contributed by atoms with Crippen LogP contribution < -0.4 is 10.4 Å². The molecule has 0 spiro atoms. The van der Waals surface area contributed by atoms with Gasteiger partial charge in [0.05, 0.1) is 34.0 Å². The van der Waals surface area contributed by atoms with Crippen LogP contribution in [0.5, 0.6) is 0 Å². The number of nitrogens with one attached hydrogen (secondary N) is 1. The third-order valence-corrected chi connectivity index (χ3v) is 8.87. The second-order valence-corrected chi connectivity index (χ2v) is 11.0. The predicted molar refractivity (Wildman–Crippen MR) is 133 cm³/mol. The number of sulfonamides is 1. The van der Waals surface area contributed by atoms with E-state index in [4.69, 9.17) is 0 Å².